The number of carboxylic acid groups (broad SMARTS) is 1. The zero-order chi connectivity index (χ0) is 15.3. The average molecular weight is 293 g/mol. The van der Waals surface area contributed by atoms with Gasteiger partial charge in [-0.15, -0.1) is 0 Å². The molecular formula is C16H27N3O2. The summed E-state index contributed by atoms with van der Waals surface area (Å²) in [4.78, 5) is 16.1. The van der Waals surface area contributed by atoms with Crippen LogP contribution in [0.5, 0.6) is 0 Å². The van der Waals surface area contributed by atoms with Crippen molar-refractivity contribution in [2.45, 2.75) is 69.7 Å². The molecule has 0 saturated heterocycles. The smallest absolute Gasteiger partial charge is 0.315 e. The van der Waals surface area contributed by atoms with Crippen molar-refractivity contribution < 1.29 is 9.90 Å². The second-order valence-electron chi connectivity index (χ2n) is 6.38. The number of aromatic nitrogens is 2. The molecule has 0 bridgehead atoms. The number of nitrogens with zero attached hydrogens (tertiary/aromatic N) is 2. The summed E-state index contributed by atoms with van der Waals surface area (Å²) in [7, 11) is 0. The van der Waals surface area contributed by atoms with Gasteiger partial charge in [-0.2, -0.15) is 0 Å². The monoisotopic (exact) mass is 293 g/mol. The van der Waals surface area contributed by atoms with Gasteiger partial charge in [0.25, 0.3) is 0 Å². The fourth-order valence-electron chi connectivity index (χ4n) is 3.17. The van der Waals surface area contributed by atoms with Gasteiger partial charge in [-0.05, 0) is 39.2 Å². The first-order chi connectivity index (χ1) is 10.1. The minimum atomic E-state index is -0.908. The van der Waals surface area contributed by atoms with E-state index in [1.54, 1.807) is 6.92 Å². The van der Waals surface area contributed by atoms with Gasteiger partial charge in [-0.3, -0.25) is 4.79 Å². The molecule has 1 aromatic heterocycles. The van der Waals surface area contributed by atoms with E-state index in [1.807, 2.05) is 12.5 Å². The summed E-state index contributed by atoms with van der Waals surface area (Å²) in [6.07, 6.45) is 12.2. The van der Waals surface area contributed by atoms with Crippen LogP contribution in [0.25, 0.3) is 0 Å². The van der Waals surface area contributed by atoms with Crippen LogP contribution in [0.4, 0.5) is 0 Å². The zero-order valence-electron chi connectivity index (χ0n) is 12.9. The molecule has 0 radical (unpaired) electrons. The van der Waals surface area contributed by atoms with E-state index in [4.69, 9.17) is 5.73 Å². The van der Waals surface area contributed by atoms with Crippen LogP contribution in [0.15, 0.2) is 12.5 Å². The molecule has 1 unspecified atom stereocenters. The van der Waals surface area contributed by atoms with Crippen LogP contribution in [0.2, 0.25) is 0 Å². The first-order valence-corrected chi connectivity index (χ1v) is 8.05. The second kappa shape index (κ2) is 7.07. The topological polar surface area (TPSA) is 81.1 Å². The van der Waals surface area contributed by atoms with E-state index in [2.05, 4.69) is 9.55 Å². The lowest BCUT2D eigenvalue weighted by molar-refractivity contribution is -0.143. The fraction of sp³-hybridized carbons (Fsp3) is 0.750. The molecule has 118 valence electrons. The first kappa shape index (κ1) is 16.0. The molecule has 1 fully saturated rings. The van der Waals surface area contributed by atoms with Crippen LogP contribution >= 0.6 is 0 Å². The summed E-state index contributed by atoms with van der Waals surface area (Å²) in [5.74, 6) is -0.798. The summed E-state index contributed by atoms with van der Waals surface area (Å²) in [6, 6.07) is 0.488. The largest absolute Gasteiger partial charge is 0.481 e. The molecule has 0 spiro atoms. The van der Waals surface area contributed by atoms with E-state index >= 15 is 0 Å². The molecule has 2 rings (SSSR count). The second-order valence-corrected chi connectivity index (χ2v) is 6.38. The molecule has 21 heavy (non-hydrogen) atoms. The van der Waals surface area contributed by atoms with E-state index in [0.29, 0.717) is 24.7 Å². The molecule has 5 nitrogen and oxygen atoms in total. The van der Waals surface area contributed by atoms with E-state index in [9.17, 15) is 9.90 Å². The number of carboxylic acids is 1. The van der Waals surface area contributed by atoms with Gasteiger partial charge >= 0.3 is 5.97 Å². The average Bonchev–Trinajstić information content (AvgIpc) is 2.98. The van der Waals surface area contributed by atoms with Crippen molar-refractivity contribution in [1.82, 2.24) is 9.55 Å². The van der Waals surface area contributed by atoms with E-state index in [1.165, 1.54) is 32.1 Å². The minimum absolute atomic E-state index is 0.488. The lowest BCUT2D eigenvalue weighted by Gasteiger charge is -2.24. The Morgan fingerprint density at radius 3 is 2.76 bits per heavy atom. The molecule has 1 heterocycles. The molecule has 1 aliphatic rings. The van der Waals surface area contributed by atoms with Gasteiger partial charge in [-0.25, -0.2) is 4.98 Å². The van der Waals surface area contributed by atoms with Gasteiger partial charge < -0.3 is 15.4 Å². The van der Waals surface area contributed by atoms with E-state index in [-0.39, 0.29) is 0 Å². The third-order valence-electron chi connectivity index (χ3n) is 4.77. The Hall–Kier alpha value is -1.36. The van der Waals surface area contributed by atoms with Crippen LogP contribution in [-0.2, 0) is 10.2 Å². The SMILES string of the molecule is CC(CCCCN)(C(=O)O)c1cn(C2CCCCC2)cn1. The van der Waals surface area contributed by atoms with Crippen molar-refractivity contribution in [2.75, 3.05) is 6.54 Å². The standard InChI is InChI=1S/C16H27N3O2/c1-16(15(20)21,9-5-6-10-17)14-11-19(12-18-14)13-7-3-2-4-8-13/h11-13H,2-10,17H2,1H3,(H,20,21). The number of unbranched alkanes of at least 4 members (excludes halogenated alkanes) is 1. The first-order valence-electron chi connectivity index (χ1n) is 8.05. The number of carbonyl (C=O) groups is 1. The molecule has 1 aliphatic carbocycles. The van der Waals surface area contributed by atoms with Crippen LogP contribution in [0.1, 0.15) is 70.0 Å². The summed E-state index contributed by atoms with van der Waals surface area (Å²) in [5, 5.41) is 9.62. The number of nitrogens with two attached hydrogens (primary N) is 1. The number of aliphatic carboxylic acids is 1. The lowest BCUT2D eigenvalue weighted by Crippen LogP contribution is -2.33. The molecule has 1 saturated carbocycles. The Balaban J connectivity index is 2.13. The number of imidazole rings is 1. The quantitative estimate of drug-likeness (QED) is 0.757. The molecule has 0 amide bonds. The summed E-state index contributed by atoms with van der Waals surface area (Å²) >= 11 is 0. The van der Waals surface area contributed by atoms with Gasteiger partial charge in [0, 0.05) is 12.2 Å². The highest BCUT2D eigenvalue weighted by atomic mass is 16.4. The maximum absolute atomic E-state index is 11.7. The summed E-state index contributed by atoms with van der Waals surface area (Å²) in [6.45, 7) is 2.38. The summed E-state index contributed by atoms with van der Waals surface area (Å²) < 4.78 is 2.12. The number of hydrogen-bond donors (Lipinski definition) is 2. The Morgan fingerprint density at radius 1 is 1.43 bits per heavy atom. The Bertz CT molecular complexity index is 466. The van der Waals surface area contributed by atoms with Gasteiger partial charge in [0.2, 0.25) is 0 Å². The van der Waals surface area contributed by atoms with E-state index < -0.39 is 11.4 Å². The Kier molecular flexibility index (Phi) is 5.39. The van der Waals surface area contributed by atoms with Crippen LogP contribution in [-0.4, -0.2) is 27.2 Å². The molecule has 0 aromatic carbocycles. The van der Waals surface area contributed by atoms with Gasteiger partial charge in [0.15, 0.2) is 0 Å². The maximum atomic E-state index is 11.7. The predicted octanol–water partition coefficient (Wildman–Crippen LogP) is 2.86. The zero-order valence-corrected chi connectivity index (χ0v) is 12.9. The third-order valence-corrected chi connectivity index (χ3v) is 4.77. The highest BCUT2D eigenvalue weighted by molar-refractivity contribution is 5.80. The van der Waals surface area contributed by atoms with Crippen LogP contribution in [0, 0.1) is 0 Å². The van der Waals surface area contributed by atoms with Crippen LogP contribution < -0.4 is 5.73 Å². The molecule has 5 heteroatoms. The molecular weight excluding hydrogens is 266 g/mol. The third kappa shape index (κ3) is 3.64. The number of hydrogen-bond acceptors (Lipinski definition) is 3. The van der Waals surface area contributed by atoms with Crippen molar-refractivity contribution in [2.24, 2.45) is 5.73 Å². The Morgan fingerprint density at radius 2 is 2.14 bits per heavy atom. The van der Waals surface area contributed by atoms with Crippen molar-refractivity contribution in [3.63, 3.8) is 0 Å². The van der Waals surface area contributed by atoms with Gasteiger partial charge in [-0.1, -0.05) is 25.7 Å². The predicted molar refractivity (Wildman–Crippen MR) is 82.2 cm³/mol. The van der Waals surface area contributed by atoms with Gasteiger partial charge in [0.05, 0.1) is 12.0 Å². The molecule has 3 N–H and O–H groups in total. The maximum Gasteiger partial charge on any atom is 0.315 e. The van der Waals surface area contributed by atoms with E-state index in [0.717, 1.165) is 12.8 Å². The van der Waals surface area contributed by atoms with Crippen LogP contribution in [0.3, 0.4) is 0 Å². The summed E-state index contributed by atoms with van der Waals surface area (Å²) in [5.41, 5.74) is 5.28. The van der Waals surface area contributed by atoms with Crippen molar-refractivity contribution in [1.29, 1.82) is 0 Å². The highest BCUT2D eigenvalue weighted by Gasteiger charge is 2.37. The normalized spacial score (nSPS) is 19.3. The highest BCUT2D eigenvalue weighted by Crippen LogP contribution is 2.32. The fourth-order valence-corrected chi connectivity index (χ4v) is 3.17. The lowest BCUT2D eigenvalue weighted by atomic mass is 9.82. The van der Waals surface area contributed by atoms with Crippen molar-refractivity contribution in [3.05, 3.63) is 18.2 Å². The molecule has 1 aromatic rings. The van der Waals surface area contributed by atoms with Gasteiger partial charge in [0.1, 0.15) is 5.41 Å². The van der Waals surface area contributed by atoms with Crippen molar-refractivity contribution >= 4 is 5.97 Å². The molecule has 0 aliphatic heterocycles. The Labute approximate surface area is 126 Å². The molecule has 1 atom stereocenters. The minimum Gasteiger partial charge on any atom is -0.481 e. The van der Waals surface area contributed by atoms with Crippen molar-refractivity contribution in [3.8, 4) is 0 Å². The number of rotatable bonds is 7.